The number of hydrogen-bond donors (Lipinski definition) is 0. The van der Waals surface area contributed by atoms with Crippen LogP contribution >= 0.6 is 0 Å². The lowest BCUT2D eigenvalue weighted by atomic mass is 9.86. The largest absolute Gasteiger partial charge is 0.0845 e. The average molecular weight is 136 g/mol. The van der Waals surface area contributed by atoms with E-state index in [1.807, 2.05) is 0 Å². The fraction of sp³-hybridized carbons (Fsp3) is 0.600. The molecule has 0 amide bonds. The molecule has 0 bridgehead atoms. The lowest BCUT2D eigenvalue weighted by molar-refractivity contribution is 0.422. The van der Waals surface area contributed by atoms with Crippen LogP contribution in [0.25, 0.3) is 0 Å². The van der Waals surface area contributed by atoms with Crippen LogP contribution in [0.4, 0.5) is 0 Å². The van der Waals surface area contributed by atoms with Gasteiger partial charge in [-0.3, -0.25) is 0 Å². The lowest BCUT2D eigenvalue weighted by Crippen LogP contribution is -2.07. The molecule has 0 atom stereocenters. The van der Waals surface area contributed by atoms with E-state index in [-0.39, 0.29) is 0 Å². The van der Waals surface area contributed by atoms with Gasteiger partial charge in [0.2, 0.25) is 0 Å². The maximum absolute atomic E-state index is 2.29. The number of rotatable bonds is 0. The monoisotopic (exact) mass is 136 g/mol. The summed E-state index contributed by atoms with van der Waals surface area (Å²) in [6, 6.07) is 0. The fourth-order valence-corrected chi connectivity index (χ4v) is 1.25. The van der Waals surface area contributed by atoms with Gasteiger partial charge in [0.15, 0.2) is 0 Å². The van der Waals surface area contributed by atoms with Crippen LogP contribution < -0.4 is 0 Å². The van der Waals surface area contributed by atoms with E-state index in [4.69, 9.17) is 0 Å². The van der Waals surface area contributed by atoms with Crippen molar-refractivity contribution < 1.29 is 0 Å². The molecule has 0 aromatic carbocycles. The van der Waals surface area contributed by atoms with Crippen LogP contribution in [0.2, 0.25) is 0 Å². The molecule has 0 N–H and O–H groups in total. The molecule has 56 valence electrons. The molecule has 10 heavy (non-hydrogen) atoms. The Morgan fingerprint density at radius 2 is 2.00 bits per heavy atom. The summed E-state index contributed by atoms with van der Waals surface area (Å²) in [6.45, 7) is 4.59. The molecular weight excluding hydrogens is 120 g/mol. The molecule has 0 heterocycles. The highest BCUT2D eigenvalue weighted by Crippen LogP contribution is 2.25. The Labute approximate surface area is 63.6 Å². The van der Waals surface area contributed by atoms with Crippen molar-refractivity contribution in [3.63, 3.8) is 0 Å². The number of hydrogen-bond acceptors (Lipinski definition) is 0. The zero-order chi connectivity index (χ0) is 7.45. The van der Waals surface area contributed by atoms with Crippen molar-refractivity contribution in [3.8, 4) is 0 Å². The maximum Gasteiger partial charge on any atom is -0.0172 e. The van der Waals surface area contributed by atoms with Gasteiger partial charge in [0.05, 0.1) is 0 Å². The predicted molar refractivity (Wildman–Crippen MR) is 45.9 cm³/mol. The second-order valence-corrected chi connectivity index (χ2v) is 3.67. The zero-order valence-corrected chi connectivity index (χ0v) is 6.93. The molecule has 0 unspecified atom stereocenters. The quantitative estimate of drug-likeness (QED) is 0.479. The van der Waals surface area contributed by atoms with Crippen LogP contribution in [-0.2, 0) is 0 Å². The second-order valence-electron chi connectivity index (χ2n) is 3.67. The van der Waals surface area contributed by atoms with Crippen molar-refractivity contribution in [1.82, 2.24) is 0 Å². The molecule has 0 saturated carbocycles. The van der Waals surface area contributed by atoms with Crippen molar-refractivity contribution in [2.45, 2.75) is 33.1 Å². The normalized spacial score (nSPS) is 23.8. The molecule has 0 aromatic heterocycles. The minimum absolute atomic E-state index is 0.421. The molecule has 0 aromatic rings. The van der Waals surface area contributed by atoms with Gasteiger partial charge in [-0.25, -0.2) is 0 Å². The molecule has 1 rings (SSSR count). The van der Waals surface area contributed by atoms with E-state index >= 15 is 0 Å². The highest BCUT2D eigenvalue weighted by molar-refractivity contribution is 5.08. The summed E-state index contributed by atoms with van der Waals surface area (Å²) in [5.74, 6) is 0. The first-order chi connectivity index (χ1) is 4.71. The Morgan fingerprint density at radius 1 is 1.20 bits per heavy atom. The van der Waals surface area contributed by atoms with Crippen molar-refractivity contribution in [2.24, 2.45) is 5.41 Å². The number of allylic oxidation sites excluding steroid dienone is 4. The van der Waals surface area contributed by atoms with Gasteiger partial charge in [0.25, 0.3) is 0 Å². The molecule has 0 saturated heterocycles. The van der Waals surface area contributed by atoms with Gasteiger partial charge in [-0.05, 0) is 24.7 Å². The molecule has 0 heteroatoms. The summed E-state index contributed by atoms with van der Waals surface area (Å²) in [5, 5.41) is 0. The molecular formula is C10H16. The fourth-order valence-electron chi connectivity index (χ4n) is 1.25. The molecule has 0 radical (unpaired) electrons. The lowest BCUT2D eigenvalue weighted by Gasteiger charge is -2.20. The van der Waals surface area contributed by atoms with E-state index in [1.165, 1.54) is 19.3 Å². The highest BCUT2D eigenvalue weighted by Gasteiger charge is 2.12. The summed E-state index contributed by atoms with van der Waals surface area (Å²) in [6.07, 6.45) is 12.7. The van der Waals surface area contributed by atoms with Gasteiger partial charge < -0.3 is 0 Å². The first-order valence-electron chi connectivity index (χ1n) is 4.05. The molecule has 1 aliphatic carbocycles. The van der Waals surface area contributed by atoms with Crippen LogP contribution in [0.3, 0.4) is 0 Å². The first-order valence-corrected chi connectivity index (χ1v) is 4.05. The topological polar surface area (TPSA) is 0 Å². The average Bonchev–Trinajstić information content (AvgIpc) is 1.81. The third-order valence-corrected chi connectivity index (χ3v) is 1.99. The minimum atomic E-state index is 0.421. The summed E-state index contributed by atoms with van der Waals surface area (Å²) in [5.41, 5.74) is 0.421. The second kappa shape index (κ2) is 3.05. The SMILES string of the molecule is CC1(C)C=CC=CCCC1. The smallest absolute Gasteiger partial charge is 0.0172 e. The van der Waals surface area contributed by atoms with Crippen LogP contribution in [-0.4, -0.2) is 0 Å². The summed E-state index contributed by atoms with van der Waals surface area (Å²) in [7, 11) is 0. The van der Waals surface area contributed by atoms with Crippen molar-refractivity contribution in [3.05, 3.63) is 24.3 Å². The molecule has 0 nitrogen and oxygen atoms in total. The van der Waals surface area contributed by atoms with E-state index in [9.17, 15) is 0 Å². The van der Waals surface area contributed by atoms with E-state index in [1.54, 1.807) is 0 Å². The van der Waals surface area contributed by atoms with E-state index in [0.717, 1.165) is 0 Å². The van der Waals surface area contributed by atoms with Gasteiger partial charge in [-0.2, -0.15) is 0 Å². The standard InChI is InChI=1S/C10H16/c1-10(2)8-6-4-3-5-7-9-10/h3-4,6,8H,5,7,9H2,1-2H3. The predicted octanol–water partition coefficient (Wildman–Crippen LogP) is 3.31. The van der Waals surface area contributed by atoms with E-state index in [2.05, 4.69) is 38.2 Å². The van der Waals surface area contributed by atoms with Gasteiger partial charge >= 0.3 is 0 Å². The minimum Gasteiger partial charge on any atom is -0.0845 e. The van der Waals surface area contributed by atoms with E-state index < -0.39 is 0 Å². The van der Waals surface area contributed by atoms with Crippen molar-refractivity contribution in [1.29, 1.82) is 0 Å². The third kappa shape index (κ3) is 2.38. The van der Waals surface area contributed by atoms with Crippen molar-refractivity contribution >= 4 is 0 Å². The van der Waals surface area contributed by atoms with Crippen LogP contribution in [0.1, 0.15) is 33.1 Å². The Bertz CT molecular complexity index is 149. The molecule has 0 aliphatic heterocycles. The molecule has 0 fully saturated rings. The van der Waals surface area contributed by atoms with Crippen LogP contribution in [0.15, 0.2) is 24.3 Å². The Morgan fingerprint density at radius 3 is 2.80 bits per heavy atom. The summed E-state index contributed by atoms with van der Waals surface area (Å²) in [4.78, 5) is 0. The highest BCUT2D eigenvalue weighted by atomic mass is 14.2. The van der Waals surface area contributed by atoms with Crippen LogP contribution in [0, 0.1) is 5.41 Å². The maximum atomic E-state index is 2.29. The Hall–Kier alpha value is -0.520. The Kier molecular flexibility index (Phi) is 2.31. The van der Waals surface area contributed by atoms with Gasteiger partial charge in [-0.15, -0.1) is 0 Å². The van der Waals surface area contributed by atoms with Crippen LogP contribution in [0.5, 0.6) is 0 Å². The van der Waals surface area contributed by atoms with Gasteiger partial charge in [0.1, 0.15) is 0 Å². The Balaban J connectivity index is 2.61. The summed E-state index contributed by atoms with van der Waals surface area (Å²) < 4.78 is 0. The molecule has 1 aliphatic rings. The van der Waals surface area contributed by atoms with Gasteiger partial charge in [0, 0.05) is 0 Å². The first kappa shape index (κ1) is 7.59. The zero-order valence-electron chi connectivity index (χ0n) is 6.93. The van der Waals surface area contributed by atoms with E-state index in [0.29, 0.717) is 5.41 Å². The summed E-state index contributed by atoms with van der Waals surface area (Å²) >= 11 is 0. The van der Waals surface area contributed by atoms with Crippen molar-refractivity contribution in [2.75, 3.05) is 0 Å². The molecule has 0 spiro atoms. The van der Waals surface area contributed by atoms with Gasteiger partial charge in [-0.1, -0.05) is 38.2 Å². The third-order valence-electron chi connectivity index (χ3n) is 1.99.